The van der Waals surface area contributed by atoms with E-state index in [0.29, 0.717) is 12.5 Å². The first-order chi connectivity index (χ1) is 10.1. The maximum Gasteiger partial charge on any atom is 0.250 e. The maximum atomic E-state index is 11.8. The van der Waals surface area contributed by atoms with Crippen molar-refractivity contribution >= 4 is 11.6 Å². The van der Waals surface area contributed by atoms with Gasteiger partial charge in [-0.05, 0) is 29.2 Å². The number of anilines is 1. The van der Waals surface area contributed by atoms with Crippen molar-refractivity contribution in [2.45, 2.75) is 26.4 Å². The molecule has 21 heavy (non-hydrogen) atoms. The molecule has 1 N–H and O–H groups in total. The Balaban J connectivity index is 1.76. The molecule has 0 saturated heterocycles. The van der Waals surface area contributed by atoms with Gasteiger partial charge in [-0.15, -0.1) is 0 Å². The van der Waals surface area contributed by atoms with Gasteiger partial charge in [0.2, 0.25) is 5.91 Å². The highest BCUT2D eigenvalue weighted by atomic mass is 16.5. The quantitative estimate of drug-likeness (QED) is 0.871. The smallest absolute Gasteiger partial charge is 0.250 e. The third kappa shape index (κ3) is 5.04. The molecule has 0 saturated carbocycles. The zero-order valence-corrected chi connectivity index (χ0v) is 12.5. The van der Waals surface area contributed by atoms with Crippen LogP contribution in [-0.2, 0) is 16.1 Å². The SMILES string of the molecule is CC(C)c1ccc(NC(=O)COCc2ccccc2)cc1. The van der Waals surface area contributed by atoms with Gasteiger partial charge < -0.3 is 10.1 Å². The number of hydrogen-bond donors (Lipinski definition) is 1. The molecule has 2 aromatic rings. The molecule has 0 bridgehead atoms. The Morgan fingerprint density at radius 3 is 2.33 bits per heavy atom. The van der Waals surface area contributed by atoms with Crippen molar-refractivity contribution in [1.82, 2.24) is 0 Å². The first-order valence-electron chi connectivity index (χ1n) is 7.16. The predicted molar refractivity (Wildman–Crippen MR) is 85.3 cm³/mol. The van der Waals surface area contributed by atoms with Crippen molar-refractivity contribution in [2.75, 3.05) is 11.9 Å². The molecular formula is C18H21NO2. The highest BCUT2D eigenvalue weighted by molar-refractivity contribution is 5.91. The van der Waals surface area contributed by atoms with Crippen LogP contribution in [0.15, 0.2) is 54.6 Å². The molecule has 0 spiro atoms. The van der Waals surface area contributed by atoms with Crippen LogP contribution < -0.4 is 5.32 Å². The fourth-order valence-electron chi connectivity index (χ4n) is 1.98. The van der Waals surface area contributed by atoms with E-state index in [4.69, 9.17) is 4.74 Å². The van der Waals surface area contributed by atoms with Crippen LogP contribution in [-0.4, -0.2) is 12.5 Å². The van der Waals surface area contributed by atoms with Crippen LogP contribution in [0.25, 0.3) is 0 Å². The van der Waals surface area contributed by atoms with E-state index >= 15 is 0 Å². The highest BCUT2D eigenvalue weighted by Crippen LogP contribution is 2.17. The summed E-state index contributed by atoms with van der Waals surface area (Å²) in [4.78, 5) is 11.8. The summed E-state index contributed by atoms with van der Waals surface area (Å²) < 4.78 is 5.40. The highest BCUT2D eigenvalue weighted by Gasteiger charge is 2.04. The van der Waals surface area contributed by atoms with Gasteiger partial charge in [-0.2, -0.15) is 0 Å². The van der Waals surface area contributed by atoms with E-state index in [-0.39, 0.29) is 12.5 Å². The molecule has 0 heterocycles. The van der Waals surface area contributed by atoms with Crippen molar-refractivity contribution in [3.8, 4) is 0 Å². The second kappa shape index (κ2) is 7.60. The summed E-state index contributed by atoms with van der Waals surface area (Å²) in [7, 11) is 0. The van der Waals surface area contributed by atoms with Crippen molar-refractivity contribution in [3.63, 3.8) is 0 Å². The average molecular weight is 283 g/mol. The Morgan fingerprint density at radius 1 is 1.05 bits per heavy atom. The number of carbonyl (C=O) groups is 1. The van der Waals surface area contributed by atoms with Gasteiger partial charge >= 0.3 is 0 Å². The first-order valence-corrected chi connectivity index (χ1v) is 7.16. The molecule has 3 heteroatoms. The lowest BCUT2D eigenvalue weighted by Gasteiger charge is -2.09. The summed E-state index contributed by atoms with van der Waals surface area (Å²) >= 11 is 0. The molecule has 0 aromatic heterocycles. The van der Waals surface area contributed by atoms with E-state index in [9.17, 15) is 4.79 Å². The molecule has 2 rings (SSSR count). The summed E-state index contributed by atoms with van der Waals surface area (Å²) in [6.45, 7) is 4.79. The predicted octanol–water partition coefficient (Wildman–Crippen LogP) is 3.97. The monoisotopic (exact) mass is 283 g/mol. The number of amides is 1. The van der Waals surface area contributed by atoms with Crippen LogP contribution in [0, 0.1) is 0 Å². The number of ether oxygens (including phenoxy) is 1. The van der Waals surface area contributed by atoms with Gasteiger partial charge in [-0.3, -0.25) is 4.79 Å². The minimum Gasteiger partial charge on any atom is -0.367 e. The minimum atomic E-state index is -0.136. The van der Waals surface area contributed by atoms with E-state index in [1.165, 1.54) is 5.56 Å². The second-order valence-electron chi connectivity index (χ2n) is 5.30. The van der Waals surface area contributed by atoms with Crippen LogP contribution in [0.2, 0.25) is 0 Å². The number of hydrogen-bond acceptors (Lipinski definition) is 2. The van der Waals surface area contributed by atoms with Gasteiger partial charge in [0, 0.05) is 5.69 Å². The molecular weight excluding hydrogens is 262 g/mol. The lowest BCUT2D eigenvalue weighted by molar-refractivity contribution is -0.121. The van der Waals surface area contributed by atoms with Crippen molar-refractivity contribution in [3.05, 3.63) is 65.7 Å². The van der Waals surface area contributed by atoms with E-state index in [1.807, 2.05) is 54.6 Å². The van der Waals surface area contributed by atoms with Crippen LogP contribution in [0.3, 0.4) is 0 Å². The second-order valence-corrected chi connectivity index (χ2v) is 5.30. The summed E-state index contributed by atoms with van der Waals surface area (Å²) in [5.41, 5.74) is 3.12. The Kier molecular flexibility index (Phi) is 5.52. The van der Waals surface area contributed by atoms with E-state index in [0.717, 1.165) is 11.3 Å². The van der Waals surface area contributed by atoms with Crippen LogP contribution in [0.5, 0.6) is 0 Å². The summed E-state index contributed by atoms with van der Waals surface area (Å²) in [5, 5.41) is 2.83. The largest absolute Gasteiger partial charge is 0.367 e. The van der Waals surface area contributed by atoms with Crippen molar-refractivity contribution in [2.24, 2.45) is 0 Å². The van der Waals surface area contributed by atoms with Gasteiger partial charge in [0.05, 0.1) is 6.61 Å². The van der Waals surface area contributed by atoms with Gasteiger partial charge in [-0.1, -0.05) is 56.3 Å². The van der Waals surface area contributed by atoms with Crippen LogP contribution in [0.1, 0.15) is 30.9 Å². The zero-order chi connectivity index (χ0) is 15.1. The minimum absolute atomic E-state index is 0.0564. The van der Waals surface area contributed by atoms with E-state index in [2.05, 4.69) is 19.2 Å². The fraction of sp³-hybridized carbons (Fsp3) is 0.278. The van der Waals surface area contributed by atoms with Gasteiger partial charge in [-0.25, -0.2) is 0 Å². The van der Waals surface area contributed by atoms with Gasteiger partial charge in [0.25, 0.3) is 0 Å². The van der Waals surface area contributed by atoms with Crippen LogP contribution >= 0.6 is 0 Å². The Labute approximate surface area is 126 Å². The molecule has 0 aliphatic carbocycles. The van der Waals surface area contributed by atoms with Crippen molar-refractivity contribution in [1.29, 1.82) is 0 Å². The molecule has 0 unspecified atom stereocenters. The first kappa shape index (κ1) is 15.3. The molecule has 2 aromatic carbocycles. The number of rotatable bonds is 6. The zero-order valence-electron chi connectivity index (χ0n) is 12.5. The third-order valence-electron chi connectivity index (χ3n) is 3.21. The molecule has 0 aliphatic rings. The normalized spacial score (nSPS) is 10.6. The molecule has 1 amide bonds. The third-order valence-corrected chi connectivity index (χ3v) is 3.21. The molecule has 0 aliphatic heterocycles. The maximum absolute atomic E-state index is 11.8. The average Bonchev–Trinajstić information content (AvgIpc) is 2.49. The fourth-order valence-corrected chi connectivity index (χ4v) is 1.98. The lowest BCUT2D eigenvalue weighted by atomic mass is 10.0. The Morgan fingerprint density at radius 2 is 1.71 bits per heavy atom. The molecule has 0 fully saturated rings. The summed E-state index contributed by atoms with van der Waals surface area (Å²) in [6, 6.07) is 17.7. The topological polar surface area (TPSA) is 38.3 Å². The van der Waals surface area contributed by atoms with E-state index < -0.39 is 0 Å². The number of carbonyl (C=O) groups excluding carboxylic acids is 1. The van der Waals surface area contributed by atoms with Gasteiger partial charge in [0.15, 0.2) is 0 Å². The summed E-state index contributed by atoms with van der Waals surface area (Å²) in [5.74, 6) is 0.354. The van der Waals surface area contributed by atoms with Crippen molar-refractivity contribution < 1.29 is 9.53 Å². The summed E-state index contributed by atoms with van der Waals surface area (Å²) in [6.07, 6.45) is 0. The van der Waals surface area contributed by atoms with E-state index in [1.54, 1.807) is 0 Å². The number of benzene rings is 2. The molecule has 3 nitrogen and oxygen atoms in total. The van der Waals surface area contributed by atoms with Gasteiger partial charge in [0.1, 0.15) is 6.61 Å². The molecule has 0 radical (unpaired) electrons. The Hall–Kier alpha value is -2.13. The standard InChI is InChI=1S/C18H21NO2/c1-14(2)16-8-10-17(11-9-16)19-18(20)13-21-12-15-6-4-3-5-7-15/h3-11,14H,12-13H2,1-2H3,(H,19,20). The Bertz CT molecular complexity index is 562. The number of nitrogens with one attached hydrogen (secondary N) is 1. The van der Waals surface area contributed by atoms with Crippen LogP contribution in [0.4, 0.5) is 5.69 Å². The molecule has 0 atom stereocenters. The molecule has 110 valence electrons. The lowest BCUT2D eigenvalue weighted by Crippen LogP contribution is -2.18.